The summed E-state index contributed by atoms with van der Waals surface area (Å²) in [7, 11) is 3.25. The van der Waals surface area contributed by atoms with Crippen LogP contribution in [0.5, 0.6) is 11.5 Å². The molecule has 0 radical (unpaired) electrons. The maximum absolute atomic E-state index is 13.2. The highest BCUT2D eigenvalue weighted by molar-refractivity contribution is 5.77. The zero-order valence-corrected chi connectivity index (χ0v) is 18.4. The van der Waals surface area contributed by atoms with Gasteiger partial charge in [-0.15, -0.1) is 10.2 Å². The Kier molecular flexibility index (Phi) is 5.55. The lowest BCUT2D eigenvalue weighted by molar-refractivity contribution is -0.137. The number of hydrogen-bond acceptors (Lipinski definition) is 7. The van der Waals surface area contributed by atoms with Crippen LogP contribution >= 0.6 is 0 Å². The maximum Gasteiger partial charge on any atom is 0.223 e. The molecular weight excluding hydrogens is 410 g/mol. The normalized spacial score (nSPS) is 19.9. The van der Waals surface area contributed by atoms with Crippen LogP contribution in [0.25, 0.3) is 11.4 Å². The Morgan fingerprint density at radius 2 is 1.91 bits per heavy atom. The van der Waals surface area contributed by atoms with Gasteiger partial charge in [0, 0.05) is 24.5 Å². The van der Waals surface area contributed by atoms with Crippen molar-refractivity contribution in [2.75, 3.05) is 14.2 Å². The van der Waals surface area contributed by atoms with Crippen molar-refractivity contribution < 1.29 is 18.8 Å². The highest BCUT2D eigenvalue weighted by atomic mass is 16.5. The van der Waals surface area contributed by atoms with Gasteiger partial charge in [0.25, 0.3) is 0 Å². The highest BCUT2D eigenvalue weighted by Crippen LogP contribution is 2.41. The molecule has 5 rings (SSSR count). The molecule has 0 N–H and O–H groups in total. The Morgan fingerprint density at radius 3 is 2.66 bits per heavy atom. The number of rotatable bonds is 6. The first kappa shape index (κ1) is 20.5. The average molecular weight is 438 g/mol. The van der Waals surface area contributed by atoms with Gasteiger partial charge < -0.3 is 23.5 Å². The average Bonchev–Trinajstić information content (AvgIpc) is 3.51. The van der Waals surface area contributed by atoms with E-state index in [2.05, 4.69) is 19.9 Å². The van der Waals surface area contributed by atoms with Crippen LogP contribution in [-0.4, -0.2) is 51.0 Å². The second-order valence-corrected chi connectivity index (χ2v) is 8.30. The van der Waals surface area contributed by atoms with Crippen molar-refractivity contribution in [2.45, 2.75) is 57.2 Å². The molecule has 1 aromatic carbocycles. The minimum absolute atomic E-state index is 0.125. The summed E-state index contributed by atoms with van der Waals surface area (Å²) in [5, 5.41) is 12.7. The number of aromatic nitrogens is 4. The van der Waals surface area contributed by atoms with Gasteiger partial charge in [0.05, 0.1) is 39.0 Å². The molecule has 0 spiro atoms. The van der Waals surface area contributed by atoms with Gasteiger partial charge in [-0.25, -0.2) is 0 Å². The number of amides is 1. The van der Waals surface area contributed by atoms with E-state index < -0.39 is 0 Å². The number of carbonyl (C=O) groups excluding carboxylic acids is 1. The second kappa shape index (κ2) is 8.64. The van der Waals surface area contributed by atoms with Gasteiger partial charge in [0.2, 0.25) is 5.91 Å². The summed E-state index contributed by atoms with van der Waals surface area (Å²) in [6.07, 6.45) is 6.80. The maximum atomic E-state index is 13.2. The SMILES string of the molecule is COc1ccc(-c2nnc3n2[C@H]2CCCC[C@H]2N(C(=O)CCc2ccno2)C3)cc1OC. The number of fused-ring (bicyclic) bond motifs is 3. The van der Waals surface area contributed by atoms with Crippen LogP contribution in [0.3, 0.4) is 0 Å². The van der Waals surface area contributed by atoms with Crippen LogP contribution in [-0.2, 0) is 17.8 Å². The molecule has 9 heteroatoms. The second-order valence-electron chi connectivity index (χ2n) is 8.30. The van der Waals surface area contributed by atoms with Gasteiger partial charge >= 0.3 is 0 Å². The van der Waals surface area contributed by atoms with E-state index in [0.717, 1.165) is 48.7 Å². The van der Waals surface area contributed by atoms with E-state index in [4.69, 9.17) is 14.0 Å². The summed E-state index contributed by atoms with van der Waals surface area (Å²) < 4.78 is 18.3. The zero-order valence-electron chi connectivity index (χ0n) is 18.4. The Hall–Kier alpha value is -3.36. The first-order valence-corrected chi connectivity index (χ1v) is 11.0. The molecule has 0 bridgehead atoms. The van der Waals surface area contributed by atoms with Crippen molar-refractivity contribution in [1.82, 2.24) is 24.8 Å². The van der Waals surface area contributed by atoms with Gasteiger partial charge in [-0.3, -0.25) is 4.79 Å². The first-order valence-electron chi connectivity index (χ1n) is 11.0. The van der Waals surface area contributed by atoms with E-state index in [0.29, 0.717) is 30.9 Å². The van der Waals surface area contributed by atoms with E-state index >= 15 is 0 Å². The Labute approximate surface area is 186 Å². The molecule has 1 saturated carbocycles. The molecule has 2 atom stereocenters. The number of nitrogens with zero attached hydrogens (tertiary/aromatic N) is 5. The topological polar surface area (TPSA) is 95.5 Å². The van der Waals surface area contributed by atoms with Crippen molar-refractivity contribution in [2.24, 2.45) is 0 Å². The number of hydrogen-bond donors (Lipinski definition) is 0. The molecule has 168 valence electrons. The predicted octanol–water partition coefficient (Wildman–Crippen LogP) is 3.41. The Balaban J connectivity index is 1.45. The molecular formula is C23H27N5O4. The Morgan fingerprint density at radius 1 is 1.09 bits per heavy atom. The van der Waals surface area contributed by atoms with Crippen molar-refractivity contribution in [3.05, 3.63) is 42.0 Å². The van der Waals surface area contributed by atoms with E-state index in [-0.39, 0.29) is 18.0 Å². The van der Waals surface area contributed by atoms with Crippen LogP contribution in [0.15, 0.2) is 35.0 Å². The molecule has 2 aromatic heterocycles. The third kappa shape index (κ3) is 3.61. The number of aryl methyl sites for hydroxylation is 1. The fourth-order valence-corrected chi connectivity index (χ4v) is 5.00. The minimum Gasteiger partial charge on any atom is -0.493 e. The van der Waals surface area contributed by atoms with Crippen molar-refractivity contribution in [1.29, 1.82) is 0 Å². The van der Waals surface area contributed by atoms with Gasteiger partial charge in [0.15, 0.2) is 23.1 Å². The van der Waals surface area contributed by atoms with Gasteiger partial charge in [0.1, 0.15) is 5.76 Å². The molecule has 0 unspecified atom stereocenters. The molecule has 9 nitrogen and oxygen atoms in total. The lowest BCUT2D eigenvalue weighted by atomic mass is 9.86. The van der Waals surface area contributed by atoms with Crippen molar-refractivity contribution >= 4 is 5.91 Å². The van der Waals surface area contributed by atoms with Gasteiger partial charge in [-0.2, -0.15) is 0 Å². The molecule has 2 aliphatic rings. The largest absolute Gasteiger partial charge is 0.493 e. The fourth-order valence-electron chi connectivity index (χ4n) is 5.00. The summed E-state index contributed by atoms with van der Waals surface area (Å²) >= 11 is 0. The van der Waals surface area contributed by atoms with Gasteiger partial charge in [-0.05, 0) is 31.0 Å². The zero-order chi connectivity index (χ0) is 22.1. The first-order chi connectivity index (χ1) is 15.7. The number of carbonyl (C=O) groups is 1. The van der Waals surface area contributed by atoms with E-state index in [1.807, 2.05) is 23.1 Å². The van der Waals surface area contributed by atoms with Crippen molar-refractivity contribution in [3.8, 4) is 22.9 Å². The number of methoxy groups -OCH3 is 2. The predicted molar refractivity (Wildman–Crippen MR) is 115 cm³/mol. The smallest absolute Gasteiger partial charge is 0.223 e. The quantitative estimate of drug-likeness (QED) is 0.583. The lowest BCUT2D eigenvalue weighted by Crippen LogP contribution is -2.50. The summed E-state index contributed by atoms with van der Waals surface area (Å²) in [5.41, 5.74) is 0.927. The summed E-state index contributed by atoms with van der Waals surface area (Å²) in [6, 6.07) is 7.91. The monoisotopic (exact) mass is 437 g/mol. The Bertz CT molecular complexity index is 1090. The molecule has 3 heterocycles. The van der Waals surface area contributed by atoms with Crippen LogP contribution in [0.2, 0.25) is 0 Å². The third-order valence-electron chi connectivity index (χ3n) is 6.54. The standard InChI is InChI=1S/C23H27N5O4/c1-30-19-9-7-15(13-20(19)31-2)23-26-25-21-14-27(17-5-3-4-6-18(17)28(21)23)22(29)10-8-16-11-12-24-32-16/h7,9,11-13,17-18H,3-6,8,10,14H2,1-2H3/t17-,18+/m1/s1. The molecule has 1 amide bonds. The molecule has 1 aliphatic carbocycles. The number of benzene rings is 1. The third-order valence-corrected chi connectivity index (χ3v) is 6.54. The minimum atomic E-state index is 0.125. The van der Waals surface area contributed by atoms with Crippen LogP contribution < -0.4 is 9.47 Å². The van der Waals surface area contributed by atoms with Crippen LogP contribution in [0.4, 0.5) is 0 Å². The van der Waals surface area contributed by atoms with Gasteiger partial charge in [-0.1, -0.05) is 18.0 Å². The summed E-state index contributed by atoms with van der Waals surface area (Å²) in [6.45, 7) is 0.469. The molecule has 0 saturated heterocycles. The van der Waals surface area contributed by atoms with E-state index in [1.165, 1.54) is 0 Å². The molecule has 1 fully saturated rings. The summed E-state index contributed by atoms with van der Waals surface area (Å²) in [5.74, 6) is 3.82. The lowest BCUT2D eigenvalue weighted by Gasteiger charge is -2.44. The van der Waals surface area contributed by atoms with E-state index in [1.54, 1.807) is 26.5 Å². The van der Waals surface area contributed by atoms with Crippen molar-refractivity contribution in [3.63, 3.8) is 0 Å². The fraction of sp³-hybridized carbons (Fsp3) is 0.478. The van der Waals surface area contributed by atoms with E-state index in [9.17, 15) is 4.79 Å². The van der Waals surface area contributed by atoms with Crippen LogP contribution in [0, 0.1) is 0 Å². The van der Waals surface area contributed by atoms with Crippen LogP contribution in [0.1, 0.15) is 49.7 Å². The highest BCUT2D eigenvalue weighted by Gasteiger charge is 2.41. The molecule has 32 heavy (non-hydrogen) atoms. The number of ether oxygens (including phenoxy) is 2. The molecule has 1 aliphatic heterocycles. The summed E-state index contributed by atoms with van der Waals surface area (Å²) in [4.78, 5) is 15.2. The molecule has 3 aromatic rings.